The molecule has 0 radical (unpaired) electrons. The second-order valence-electron chi connectivity index (χ2n) is 4.46. The Balaban J connectivity index is 2.06. The Bertz CT molecular complexity index is 341. The van der Waals surface area contributed by atoms with Gasteiger partial charge in [-0.2, -0.15) is 0 Å². The Morgan fingerprint density at radius 1 is 1.11 bits per heavy atom. The van der Waals surface area contributed by atoms with Crippen molar-refractivity contribution in [3.63, 3.8) is 0 Å². The molecule has 1 aromatic carbocycles. The molecule has 0 fully saturated rings. The number of aryl methyl sites for hydroxylation is 1. The van der Waals surface area contributed by atoms with Gasteiger partial charge in [-0.1, -0.05) is 29.8 Å². The third-order valence-electron chi connectivity index (χ3n) is 2.71. The zero-order valence-corrected chi connectivity index (χ0v) is 11.8. The van der Waals surface area contributed by atoms with Gasteiger partial charge in [-0.25, -0.2) is 0 Å². The summed E-state index contributed by atoms with van der Waals surface area (Å²) in [7, 11) is 1.65. The summed E-state index contributed by atoms with van der Waals surface area (Å²) in [5.74, 6) is 0. The van der Waals surface area contributed by atoms with Crippen LogP contribution in [-0.2, 0) is 14.2 Å². The lowest BCUT2D eigenvalue weighted by Crippen LogP contribution is -2.10. The summed E-state index contributed by atoms with van der Waals surface area (Å²) < 4.78 is 15.6. The topological polar surface area (TPSA) is 47.9 Å². The monoisotopic (exact) mass is 268 g/mol. The number of hydrogen-bond acceptors (Lipinski definition) is 4. The highest BCUT2D eigenvalue weighted by Gasteiger charge is 2.07. The van der Waals surface area contributed by atoms with Gasteiger partial charge in [0.15, 0.2) is 0 Å². The second kappa shape index (κ2) is 9.92. The molecule has 0 amide bonds. The molecule has 0 aromatic heterocycles. The Morgan fingerprint density at radius 3 is 2.63 bits per heavy atom. The van der Waals surface area contributed by atoms with Crippen LogP contribution in [0.2, 0.25) is 0 Å². The van der Waals surface area contributed by atoms with Crippen LogP contribution in [0.5, 0.6) is 0 Å². The minimum atomic E-state index is -0.561. The third-order valence-corrected chi connectivity index (χ3v) is 2.71. The van der Waals surface area contributed by atoms with Crippen molar-refractivity contribution >= 4 is 0 Å². The Morgan fingerprint density at radius 2 is 1.89 bits per heavy atom. The third kappa shape index (κ3) is 7.28. The van der Waals surface area contributed by atoms with Crippen LogP contribution in [0.15, 0.2) is 24.3 Å². The molecule has 1 atom stereocenters. The first-order valence-corrected chi connectivity index (χ1v) is 6.63. The maximum atomic E-state index is 9.94. The van der Waals surface area contributed by atoms with Gasteiger partial charge >= 0.3 is 0 Å². The highest BCUT2D eigenvalue weighted by atomic mass is 16.5. The maximum absolute atomic E-state index is 9.94. The lowest BCUT2D eigenvalue weighted by molar-refractivity contribution is 0.0182. The average molecular weight is 268 g/mol. The first kappa shape index (κ1) is 16.1. The fourth-order valence-corrected chi connectivity index (χ4v) is 1.68. The number of rotatable bonds is 10. The Labute approximate surface area is 115 Å². The first-order valence-electron chi connectivity index (χ1n) is 6.63. The van der Waals surface area contributed by atoms with Crippen LogP contribution < -0.4 is 0 Å². The lowest BCUT2D eigenvalue weighted by atomic mass is 10.1. The maximum Gasteiger partial charge on any atom is 0.102 e. The summed E-state index contributed by atoms with van der Waals surface area (Å²) in [6, 6.07) is 7.84. The van der Waals surface area contributed by atoms with Crippen molar-refractivity contribution in [1.29, 1.82) is 0 Å². The van der Waals surface area contributed by atoms with E-state index in [1.54, 1.807) is 7.11 Å². The van der Waals surface area contributed by atoms with Gasteiger partial charge in [-0.3, -0.25) is 0 Å². The number of hydrogen-bond donors (Lipinski definition) is 1. The number of aliphatic hydroxyl groups excluding tert-OH is 1. The molecule has 1 unspecified atom stereocenters. The largest absolute Gasteiger partial charge is 0.386 e. The van der Waals surface area contributed by atoms with Gasteiger partial charge in [0.05, 0.1) is 19.8 Å². The van der Waals surface area contributed by atoms with Crippen molar-refractivity contribution in [2.24, 2.45) is 0 Å². The molecule has 0 saturated carbocycles. The smallest absolute Gasteiger partial charge is 0.102 e. The molecular weight excluding hydrogens is 244 g/mol. The molecule has 108 valence electrons. The summed E-state index contributed by atoms with van der Waals surface area (Å²) in [6.45, 7) is 4.81. The van der Waals surface area contributed by atoms with Crippen LogP contribution in [0.4, 0.5) is 0 Å². The normalized spacial score (nSPS) is 12.6. The second-order valence-corrected chi connectivity index (χ2v) is 4.46. The van der Waals surface area contributed by atoms with Gasteiger partial charge in [-0.15, -0.1) is 0 Å². The van der Waals surface area contributed by atoms with E-state index in [-0.39, 0.29) is 0 Å². The average Bonchev–Trinajstić information content (AvgIpc) is 2.41. The summed E-state index contributed by atoms with van der Waals surface area (Å²) in [5, 5.41) is 9.94. The minimum Gasteiger partial charge on any atom is -0.386 e. The predicted octanol–water partition coefficient (Wildman–Crippen LogP) is 2.10. The van der Waals surface area contributed by atoms with Gasteiger partial charge in [0.1, 0.15) is 6.10 Å². The van der Waals surface area contributed by atoms with E-state index in [9.17, 15) is 5.11 Å². The van der Waals surface area contributed by atoms with E-state index in [0.717, 1.165) is 17.5 Å². The van der Waals surface area contributed by atoms with Crippen LogP contribution in [0.25, 0.3) is 0 Å². The molecule has 1 N–H and O–H groups in total. The van der Waals surface area contributed by atoms with Crippen LogP contribution in [0.3, 0.4) is 0 Å². The molecule has 19 heavy (non-hydrogen) atoms. The standard InChI is InChI=1S/C15H24O4/c1-13-5-3-6-14(11-13)15(16)12-19-8-4-7-18-10-9-17-2/h3,5-6,11,15-16H,4,7-10,12H2,1-2H3. The molecule has 0 aliphatic heterocycles. The van der Waals surface area contributed by atoms with Crippen LogP contribution in [0.1, 0.15) is 23.7 Å². The van der Waals surface area contributed by atoms with Gasteiger partial charge < -0.3 is 19.3 Å². The molecule has 0 aliphatic carbocycles. The van der Waals surface area contributed by atoms with Crippen molar-refractivity contribution < 1.29 is 19.3 Å². The van der Waals surface area contributed by atoms with E-state index >= 15 is 0 Å². The fraction of sp³-hybridized carbons (Fsp3) is 0.600. The summed E-state index contributed by atoms with van der Waals surface area (Å²) in [4.78, 5) is 0. The van der Waals surface area contributed by atoms with Crippen molar-refractivity contribution in [3.05, 3.63) is 35.4 Å². The lowest BCUT2D eigenvalue weighted by Gasteiger charge is -2.12. The van der Waals surface area contributed by atoms with Gasteiger partial charge in [0.25, 0.3) is 0 Å². The molecule has 0 saturated heterocycles. The summed E-state index contributed by atoms with van der Waals surface area (Å²) in [5.41, 5.74) is 2.04. The molecule has 0 bridgehead atoms. The highest BCUT2D eigenvalue weighted by molar-refractivity contribution is 5.23. The SMILES string of the molecule is COCCOCCCOCC(O)c1cccc(C)c1. The Hall–Kier alpha value is -0.940. The first-order chi connectivity index (χ1) is 9.24. The van der Waals surface area contributed by atoms with Crippen LogP contribution in [0, 0.1) is 6.92 Å². The molecule has 4 nitrogen and oxygen atoms in total. The van der Waals surface area contributed by atoms with Crippen LogP contribution >= 0.6 is 0 Å². The van der Waals surface area contributed by atoms with Crippen molar-refractivity contribution in [1.82, 2.24) is 0 Å². The van der Waals surface area contributed by atoms with E-state index in [1.165, 1.54) is 0 Å². The number of ether oxygens (including phenoxy) is 3. The number of methoxy groups -OCH3 is 1. The van der Waals surface area contributed by atoms with E-state index in [4.69, 9.17) is 14.2 Å². The Kier molecular flexibility index (Phi) is 8.41. The highest BCUT2D eigenvalue weighted by Crippen LogP contribution is 2.14. The minimum absolute atomic E-state index is 0.321. The molecule has 0 spiro atoms. The van der Waals surface area contributed by atoms with Crippen molar-refractivity contribution in [3.8, 4) is 0 Å². The van der Waals surface area contributed by atoms with E-state index < -0.39 is 6.10 Å². The molecule has 1 aromatic rings. The quantitative estimate of drug-likeness (QED) is 0.660. The van der Waals surface area contributed by atoms with Gasteiger partial charge in [0, 0.05) is 20.3 Å². The molecular formula is C15H24O4. The number of aliphatic hydroxyl groups is 1. The van der Waals surface area contributed by atoms with Gasteiger partial charge in [-0.05, 0) is 18.9 Å². The molecule has 1 rings (SSSR count). The fourth-order valence-electron chi connectivity index (χ4n) is 1.68. The number of benzene rings is 1. The predicted molar refractivity (Wildman–Crippen MR) is 74.3 cm³/mol. The summed E-state index contributed by atoms with van der Waals surface area (Å²) >= 11 is 0. The molecule has 0 aliphatic rings. The van der Waals surface area contributed by atoms with Crippen LogP contribution in [-0.4, -0.2) is 45.3 Å². The zero-order valence-electron chi connectivity index (χ0n) is 11.8. The molecule has 0 heterocycles. The zero-order chi connectivity index (χ0) is 13.9. The van der Waals surface area contributed by atoms with Crippen molar-refractivity contribution in [2.45, 2.75) is 19.4 Å². The van der Waals surface area contributed by atoms with E-state index in [2.05, 4.69) is 0 Å². The molecule has 4 heteroatoms. The van der Waals surface area contributed by atoms with Crippen molar-refractivity contribution in [2.75, 3.05) is 40.1 Å². The van der Waals surface area contributed by atoms with E-state index in [1.807, 2.05) is 31.2 Å². The summed E-state index contributed by atoms with van der Waals surface area (Å²) in [6.07, 6.45) is 0.263. The van der Waals surface area contributed by atoms with Gasteiger partial charge in [0.2, 0.25) is 0 Å². The van der Waals surface area contributed by atoms with E-state index in [0.29, 0.717) is 33.0 Å².